The van der Waals surface area contributed by atoms with Crippen molar-refractivity contribution in [3.05, 3.63) is 59.7 Å². The predicted octanol–water partition coefficient (Wildman–Crippen LogP) is 3.43. The van der Waals surface area contributed by atoms with Gasteiger partial charge in [0, 0.05) is 12.1 Å². The molecule has 2 aromatic rings. The molecule has 0 unspecified atom stereocenters. The summed E-state index contributed by atoms with van der Waals surface area (Å²) in [5.41, 5.74) is 2.39. The maximum atomic E-state index is 5.82. The van der Waals surface area contributed by atoms with Crippen LogP contribution in [0.1, 0.15) is 18.1 Å². The van der Waals surface area contributed by atoms with Crippen LogP contribution in [0.5, 0.6) is 11.5 Å². The lowest BCUT2D eigenvalue weighted by atomic mass is 10.1. The van der Waals surface area contributed by atoms with Crippen LogP contribution in [0.4, 0.5) is 0 Å². The number of rotatable bonds is 8. The Kier molecular flexibility index (Phi) is 6.10. The molecule has 1 N–H and O–H groups in total. The summed E-state index contributed by atoms with van der Waals surface area (Å²) in [6.07, 6.45) is 0.974. The van der Waals surface area contributed by atoms with E-state index in [1.54, 1.807) is 0 Å². The number of hydrogen-bond donors (Lipinski definition) is 1. The quantitative estimate of drug-likeness (QED) is 0.754. The van der Waals surface area contributed by atoms with Crippen molar-refractivity contribution in [2.24, 2.45) is 0 Å². The molecule has 0 aromatic heterocycles. The van der Waals surface area contributed by atoms with Crippen molar-refractivity contribution in [3.8, 4) is 11.5 Å². The Labute approximate surface area is 126 Å². The van der Waals surface area contributed by atoms with Crippen LogP contribution in [0.2, 0.25) is 0 Å². The molecule has 3 nitrogen and oxygen atoms in total. The Morgan fingerprint density at radius 1 is 0.810 bits per heavy atom. The average molecular weight is 285 g/mol. The fraction of sp³-hybridized carbons (Fsp3) is 0.333. The normalized spacial score (nSPS) is 10.4. The van der Waals surface area contributed by atoms with Gasteiger partial charge in [-0.2, -0.15) is 0 Å². The van der Waals surface area contributed by atoms with Gasteiger partial charge in [-0.05, 0) is 31.2 Å². The standard InChI is InChI=1S/C18H23NO2/c1-3-15-8-4-6-10-17(15)20-12-13-21-18-11-7-5-9-16(18)14-19-2/h4-11,19H,3,12-14H2,1-2H3. The molecule has 0 fully saturated rings. The molecule has 0 spiro atoms. The summed E-state index contributed by atoms with van der Waals surface area (Å²) in [4.78, 5) is 0. The molecule has 2 aromatic carbocycles. The molecule has 0 aliphatic heterocycles. The molecule has 0 atom stereocenters. The summed E-state index contributed by atoms with van der Waals surface area (Å²) >= 11 is 0. The topological polar surface area (TPSA) is 30.5 Å². The molecule has 0 aliphatic rings. The first kappa shape index (κ1) is 15.4. The van der Waals surface area contributed by atoms with Gasteiger partial charge in [-0.15, -0.1) is 0 Å². The zero-order chi connectivity index (χ0) is 14.9. The number of aryl methyl sites for hydroxylation is 1. The second-order valence-electron chi connectivity index (χ2n) is 4.80. The van der Waals surface area contributed by atoms with Crippen molar-refractivity contribution in [1.29, 1.82) is 0 Å². The minimum atomic E-state index is 0.540. The van der Waals surface area contributed by atoms with Crippen molar-refractivity contribution in [1.82, 2.24) is 5.32 Å². The number of benzene rings is 2. The third kappa shape index (κ3) is 4.50. The van der Waals surface area contributed by atoms with Crippen molar-refractivity contribution < 1.29 is 9.47 Å². The summed E-state index contributed by atoms with van der Waals surface area (Å²) in [6.45, 7) is 4.02. The first-order valence-corrected chi connectivity index (χ1v) is 7.41. The van der Waals surface area contributed by atoms with E-state index in [-0.39, 0.29) is 0 Å². The second kappa shape index (κ2) is 8.32. The van der Waals surface area contributed by atoms with Gasteiger partial charge in [0.15, 0.2) is 0 Å². The van der Waals surface area contributed by atoms with E-state index in [0.29, 0.717) is 13.2 Å². The minimum absolute atomic E-state index is 0.540. The van der Waals surface area contributed by atoms with Crippen LogP contribution in [0.3, 0.4) is 0 Å². The Balaban J connectivity index is 1.85. The highest BCUT2D eigenvalue weighted by atomic mass is 16.5. The Morgan fingerprint density at radius 3 is 1.90 bits per heavy atom. The fourth-order valence-electron chi connectivity index (χ4n) is 2.22. The van der Waals surface area contributed by atoms with E-state index in [0.717, 1.165) is 30.0 Å². The van der Waals surface area contributed by atoms with Gasteiger partial charge in [0.1, 0.15) is 24.7 Å². The van der Waals surface area contributed by atoms with Crippen molar-refractivity contribution in [3.63, 3.8) is 0 Å². The smallest absolute Gasteiger partial charge is 0.123 e. The van der Waals surface area contributed by atoms with Crippen LogP contribution in [0, 0.1) is 0 Å². The molecule has 0 amide bonds. The van der Waals surface area contributed by atoms with Gasteiger partial charge < -0.3 is 14.8 Å². The highest BCUT2D eigenvalue weighted by Gasteiger charge is 2.03. The summed E-state index contributed by atoms with van der Waals surface area (Å²) in [5, 5.41) is 3.14. The van der Waals surface area contributed by atoms with Crippen LogP contribution in [-0.4, -0.2) is 20.3 Å². The van der Waals surface area contributed by atoms with Gasteiger partial charge in [-0.3, -0.25) is 0 Å². The fourth-order valence-corrected chi connectivity index (χ4v) is 2.22. The van der Waals surface area contributed by atoms with Crippen molar-refractivity contribution in [2.75, 3.05) is 20.3 Å². The van der Waals surface area contributed by atoms with Gasteiger partial charge in [0.2, 0.25) is 0 Å². The van der Waals surface area contributed by atoms with Crippen LogP contribution < -0.4 is 14.8 Å². The first-order chi connectivity index (χ1) is 10.3. The van der Waals surface area contributed by atoms with Gasteiger partial charge in [0.05, 0.1) is 0 Å². The maximum Gasteiger partial charge on any atom is 0.123 e. The zero-order valence-electron chi connectivity index (χ0n) is 12.8. The van der Waals surface area contributed by atoms with Gasteiger partial charge in [-0.1, -0.05) is 43.3 Å². The van der Waals surface area contributed by atoms with Crippen LogP contribution >= 0.6 is 0 Å². The minimum Gasteiger partial charge on any atom is -0.490 e. The number of nitrogens with one attached hydrogen (secondary N) is 1. The van der Waals surface area contributed by atoms with Crippen LogP contribution in [-0.2, 0) is 13.0 Å². The zero-order valence-corrected chi connectivity index (χ0v) is 12.8. The molecule has 2 rings (SSSR count). The molecule has 112 valence electrons. The van der Waals surface area contributed by atoms with E-state index < -0.39 is 0 Å². The summed E-state index contributed by atoms with van der Waals surface area (Å²) in [6, 6.07) is 16.2. The summed E-state index contributed by atoms with van der Waals surface area (Å²) < 4.78 is 11.6. The van der Waals surface area contributed by atoms with Gasteiger partial charge in [0.25, 0.3) is 0 Å². The molecular formula is C18H23NO2. The molecule has 0 aliphatic carbocycles. The van der Waals surface area contributed by atoms with Gasteiger partial charge >= 0.3 is 0 Å². The first-order valence-electron chi connectivity index (χ1n) is 7.41. The molecule has 0 bridgehead atoms. The average Bonchev–Trinajstić information content (AvgIpc) is 2.53. The van der Waals surface area contributed by atoms with Crippen LogP contribution in [0.15, 0.2) is 48.5 Å². The third-order valence-electron chi connectivity index (χ3n) is 3.29. The number of para-hydroxylation sites is 2. The van der Waals surface area contributed by atoms with E-state index in [9.17, 15) is 0 Å². The molecular weight excluding hydrogens is 262 g/mol. The Bertz CT molecular complexity index is 554. The summed E-state index contributed by atoms with van der Waals surface area (Å²) in [5.74, 6) is 1.87. The lowest BCUT2D eigenvalue weighted by molar-refractivity contribution is 0.214. The Hall–Kier alpha value is -2.00. The SMILES string of the molecule is CCc1ccccc1OCCOc1ccccc1CNC. The molecule has 0 saturated carbocycles. The largest absolute Gasteiger partial charge is 0.490 e. The van der Waals surface area contributed by atoms with Gasteiger partial charge in [-0.25, -0.2) is 0 Å². The van der Waals surface area contributed by atoms with E-state index in [1.807, 2.05) is 43.4 Å². The van der Waals surface area contributed by atoms with E-state index in [1.165, 1.54) is 5.56 Å². The second-order valence-corrected chi connectivity index (χ2v) is 4.80. The highest BCUT2D eigenvalue weighted by molar-refractivity contribution is 5.34. The predicted molar refractivity (Wildman–Crippen MR) is 86.0 cm³/mol. The van der Waals surface area contributed by atoms with Crippen molar-refractivity contribution in [2.45, 2.75) is 19.9 Å². The monoisotopic (exact) mass is 285 g/mol. The lowest BCUT2D eigenvalue weighted by Gasteiger charge is -2.13. The van der Waals surface area contributed by atoms with Crippen LogP contribution in [0.25, 0.3) is 0 Å². The molecule has 21 heavy (non-hydrogen) atoms. The summed E-state index contributed by atoms with van der Waals surface area (Å²) in [7, 11) is 1.93. The third-order valence-corrected chi connectivity index (χ3v) is 3.29. The molecule has 3 heteroatoms. The number of ether oxygens (including phenoxy) is 2. The highest BCUT2D eigenvalue weighted by Crippen LogP contribution is 2.19. The number of hydrogen-bond acceptors (Lipinski definition) is 3. The van der Waals surface area contributed by atoms with E-state index in [4.69, 9.17) is 9.47 Å². The Morgan fingerprint density at radius 2 is 1.33 bits per heavy atom. The maximum absolute atomic E-state index is 5.82. The van der Waals surface area contributed by atoms with E-state index in [2.05, 4.69) is 24.4 Å². The van der Waals surface area contributed by atoms with E-state index >= 15 is 0 Å². The lowest BCUT2D eigenvalue weighted by Crippen LogP contribution is -2.12. The molecule has 0 heterocycles. The van der Waals surface area contributed by atoms with Crippen molar-refractivity contribution >= 4 is 0 Å². The molecule has 0 saturated heterocycles. The molecule has 0 radical (unpaired) electrons.